The number of carboxylic acids is 1. The van der Waals surface area contributed by atoms with Crippen molar-refractivity contribution in [1.29, 1.82) is 0 Å². The number of ether oxygens (including phenoxy) is 1. The highest BCUT2D eigenvalue weighted by molar-refractivity contribution is 7.86. The molecule has 0 amide bonds. The predicted octanol–water partition coefficient (Wildman–Crippen LogP) is 0.191. The van der Waals surface area contributed by atoms with E-state index in [0.717, 1.165) is 9.87 Å². The van der Waals surface area contributed by atoms with E-state index in [1.54, 1.807) is 0 Å². The third-order valence-electron chi connectivity index (χ3n) is 3.60. The summed E-state index contributed by atoms with van der Waals surface area (Å²) in [5.41, 5.74) is 0.964. The first kappa shape index (κ1) is 16.9. The number of benzene rings is 1. The zero-order chi connectivity index (χ0) is 16.2. The van der Waals surface area contributed by atoms with Crippen LogP contribution in [0.3, 0.4) is 0 Å². The topological polar surface area (TPSA) is 87.2 Å². The molecule has 0 radical (unpaired) electrons. The molecule has 0 bridgehead atoms. The fourth-order valence-electron chi connectivity index (χ4n) is 2.23. The van der Waals surface area contributed by atoms with Gasteiger partial charge in [0.05, 0.1) is 6.10 Å². The molecule has 122 valence electrons. The Balaban J connectivity index is 2.04. The molecule has 0 atom stereocenters. The van der Waals surface area contributed by atoms with Crippen LogP contribution >= 0.6 is 0 Å². The SMILES string of the molecule is COC1CN(S(=O)(=O)N(CCc2ccccc2)CC(=O)O)C1. The normalized spacial score (nSPS) is 16.6. The second-order valence-electron chi connectivity index (χ2n) is 5.15. The molecule has 1 aromatic rings. The largest absolute Gasteiger partial charge is 0.480 e. The molecule has 1 aromatic carbocycles. The summed E-state index contributed by atoms with van der Waals surface area (Å²) < 4.78 is 32.2. The summed E-state index contributed by atoms with van der Waals surface area (Å²) in [5, 5.41) is 8.97. The van der Waals surface area contributed by atoms with Crippen molar-refractivity contribution in [2.24, 2.45) is 0 Å². The molecule has 0 spiro atoms. The quantitative estimate of drug-likeness (QED) is 0.736. The zero-order valence-corrected chi connectivity index (χ0v) is 13.2. The second kappa shape index (κ2) is 7.19. The summed E-state index contributed by atoms with van der Waals surface area (Å²) in [6, 6.07) is 9.38. The minimum Gasteiger partial charge on any atom is -0.480 e. The van der Waals surface area contributed by atoms with Gasteiger partial charge in [0, 0.05) is 26.7 Å². The Kier molecular flexibility index (Phi) is 5.52. The zero-order valence-electron chi connectivity index (χ0n) is 12.4. The van der Waals surface area contributed by atoms with Crippen LogP contribution in [0.15, 0.2) is 30.3 Å². The highest BCUT2D eigenvalue weighted by Crippen LogP contribution is 2.19. The van der Waals surface area contributed by atoms with E-state index in [1.807, 2.05) is 30.3 Å². The standard InChI is InChI=1S/C14H20N2O5S/c1-21-13-9-16(10-13)22(19,20)15(11-14(17)18)8-7-12-5-3-2-4-6-12/h2-6,13H,7-11H2,1H3,(H,17,18). The van der Waals surface area contributed by atoms with Gasteiger partial charge in [-0.15, -0.1) is 0 Å². The molecule has 1 fully saturated rings. The molecule has 0 aliphatic carbocycles. The van der Waals surface area contributed by atoms with Gasteiger partial charge >= 0.3 is 5.97 Å². The van der Waals surface area contributed by atoms with E-state index in [9.17, 15) is 13.2 Å². The minimum atomic E-state index is -3.77. The second-order valence-corrected chi connectivity index (χ2v) is 7.07. The van der Waals surface area contributed by atoms with Gasteiger partial charge in [-0.1, -0.05) is 30.3 Å². The fraction of sp³-hybridized carbons (Fsp3) is 0.500. The van der Waals surface area contributed by atoms with Gasteiger partial charge in [-0.05, 0) is 12.0 Å². The van der Waals surface area contributed by atoms with Crippen LogP contribution in [-0.4, -0.2) is 67.5 Å². The van der Waals surface area contributed by atoms with Gasteiger partial charge in [0.25, 0.3) is 10.2 Å². The van der Waals surface area contributed by atoms with Gasteiger partial charge in [-0.2, -0.15) is 17.0 Å². The number of rotatable bonds is 8. The van der Waals surface area contributed by atoms with Crippen LogP contribution in [0.25, 0.3) is 0 Å². The van der Waals surface area contributed by atoms with E-state index >= 15 is 0 Å². The van der Waals surface area contributed by atoms with E-state index in [1.165, 1.54) is 11.4 Å². The molecule has 0 saturated carbocycles. The van der Waals surface area contributed by atoms with Gasteiger partial charge in [-0.25, -0.2) is 0 Å². The molecule has 22 heavy (non-hydrogen) atoms. The van der Waals surface area contributed by atoms with E-state index in [4.69, 9.17) is 9.84 Å². The first-order valence-corrected chi connectivity index (χ1v) is 8.37. The maximum atomic E-state index is 12.5. The third-order valence-corrected chi connectivity index (χ3v) is 5.52. The summed E-state index contributed by atoms with van der Waals surface area (Å²) in [6.07, 6.45) is 0.352. The Morgan fingerprint density at radius 2 is 2.00 bits per heavy atom. The van der Waals surface area contributed by atoms with Crippen LogP contribution in [-0.2, 0) is 26.2 Å². The Morgan fingerprint density at radius 1 is 1.36 bits per heavy atom. The lowest BCUT2D eigenvalue weighted by Gasteiger charge is -2.39. The predicted molar refractivity (Wildman–Crippen MR) is 80.6 cm³/mol. The number of nitrogens with zero attached hydrogens (tertiary/aromatic N) is 2. The van der Waals surface area contributed by atoms with E-state index in [2.05, 4.69) is 0 Å². The van der Waals surface area contributed by atoms with Crippen molar-refractivity contribution in [3.05, 3.63) is 35.9 Å². The summed E-state index contributed by atoms with van der Waals surface area (Å²) in [4.78, 5) is 11.0. The lowest BCUT2D eigenvalue weighted by atomic mass is 10.1. The van der Waals surface area contributed by atoms with Crippen molar-refractivity contribution >= 4 is 16.2 Å². The summed E-state index contributed by atoms with van der Waals surface area (Å²) in [5.74, 6) is -1.17. The Morgan fingerprint density at radius 3 is 2.55 bits per heavy atom. The number of hydrogen-bond acceptors (Lipinski definition) is 4. The summed E-state index contributed by atoms with van der Waals surface area (Å²) in [6.45, 7) is 0.122. The minimum absolute atomic E-state index is 0.115. The number of aliphatic carboxylic acids is 1. The summed E-state index contributed by atoms with van der Waals surface area (Å²) in [7, 11) is -2.24. The van der Waals surface area contributed by atoms with Gasteiger partial charge in [0.1, 0.15) is 6.54 Å². The van der Waals surface area contributed by atoms with E-state index in [0.29, 0.717) is 6.42 Å². The van der Waals surface area contributed by atoms with Crippen LogP contribution < -0.4 is 0 Å². The van der Waals surface area contributed by atoms with E-state index < -0.39 is 22.7 Å². The molecule has 1 aliphatic rings. The van der Waals surface area contributed by atoms with Crippen LogP contribution in [0.1, 0.15) is 5.56 Å². The monoisotopic (exact) mass is 328 g/mol. The van der Waals surface area contributed by atoms with Crippen molar-refractivity contribution in [3.8, 4) is 0 Å². The number of carbonyl (C=O) groups is 1. The Hall–Kier alpha value is -1.48. The van der Waals surface area contributed by atoms with E-state index in [-0.39, 0.29) is 25.7 Å². The molecule has 1 aliphatic heterocycles. The van der Waals surface area contributed by atoms with Crippen LogP contribution in [0.4, 0.5) is 0 Å². The molecule has 8 heteroatoms. The van der Waals surface area contributed by atoms with Gasteiger partial charge < -0.3 is 9.84 Å². The average molecular weight is 328 g/mol. The Labute approximate surface area is 130 Å². The van der Waals surface area contributed by atoms with Crippen LogP contribution in [0.2, 0.25) is 0 Å². The molecule has 1 heterocycles. The first-order valence-electron chi connectivity index (χ1n) is 6.97. The number of hydrogen-bond donors (Lipinski definition) is 1. The highest BCUT2D eigenvalue weighted by Gasteiger charge is 2.39. The van der Waals surface area contributed by atoms with Crippen molar-refractivity contribution < 1.29 is 23.1 Å². The molecular weight excluding hydrogens is 308 g/mol. The van der Waals surface area contributed by atoms with Crippen LogP contribution in [0, 0.1) is 0 Å². The summed E-state index contributed by atoms with van der Waals surface area (Å²) >= 11 is 0. The van der Waals surface area contributed by atoms with Crippen molar-refractivity contribution in [2.75, 3.05) is 33.3 Å². The molecule has 2 rings (SSSR count). The average Bonchev–Trinajstić information content (AvgIpc) is 2.42. The smallest absolute Gasteiger partial charge is 0.318 e. The molecular formula is C14H20N2O5S. The number of methoxy groups -OCH3 is 1. The van der Waals surface area contributed by atoms with Crippen molar-refractivity contribution in [2.45, 2.75) is 12.5 Å². The van der Waals surface area contributed by atoms with Crippen LogP contribution in [0.5, 0.6) is 0 Å². The van der Waals surface area contributed by atoms with Crippen molar-refractivity contribution in [3.63, 3.8) is 0 Å². The van der Waals surface area contributed by atoms with Gasteiger partial charge in [0.15, 0.2) is 0 Å². The third kappa shape index (κ3) is 4.04. The van der Waals surface area contributed by atoms with Crippen molar-refractivity contribution in [1.82, 2.24) is 8.61 Å². The first-order chi connectivity index (χ1) is 10.4. The molecule has 7 nitrogen and oxygen atoms in total. The lowest BCUT2D eigenvalue weighted by Crippen LogP contribution is -2.59. The lowest BCUT2D eigenvalue weighted by molar-refractivity contribution is -0.137. The molecule has 1 saturated heterocycles. The Bertz CT molecular complexity index is 599. The van der Waals surface area contributed by atoms with Gasteiger partial charge in [-0.3, -0.25) is 4.79 Å². The molecule has 0 unspecified atom stereocenters. The maximum absolute atomic E-state index is 12.5. The van der Waals surface area contributed by atoms with Gasteiger partial charge in [0.2, 0.25) is 0 Å². The molecule has 0 aromatic heterocycles. The highest BCUT2D eigenvalue weighted by atomic mass is 32.2. The molecule has 1 N–H and O–H groups in total. The number of carboxylic acid groups (broad SMARTS) is 1. The fourth-order valence-corrected chi connectivity index (χ4v) is 3.86. The maximum Gasteiger partial charge on any atom is 0.318 e.